The summed E-state index contributed by atoms with van der Waals surface area (Å²) in [4.78, 5) is 10.1. The lowest BCUT2D eigenvalue weighted by molar-refractivity contribution is 0.0711. The molecule has 26 heavy (non-hydrogen) atoms. The number of hydrogen-bond acceptors (Lipinski definition) is 5. The molecule has 0 aliphatic carbocycles. The van der Waals surface area contributed by atoms with Crippen molar-refractivity contribution >= 4 is 52.6 Å². The van der Waals surface area contributed by atoms with Crippen molar-refractivity contribution in [2.24, 2.45) is 4.99 Å². The van der Waals surface area contributed by atoms with Crippen LogP contribution in [0.5, 0.6) is 0 Å². The second-order valence-corrected chi connectivity index (χ2v) is 8.29. The standard InChI is InChI=1S/C18H28N4OS2.HI/c1-5-19-17(21-12-18(4,23)15-7-6-10-24-15)20-9-8-14-11-25-16(22-14)13(2)3;/h6-7,10-11,13,23H,5,8-9,12H2,1-4H3,(H2,19,20,21);1H. The summed E-state index contributed by atoms with van der Waals surface area (Å²) in [6.45, 7) is 10.0. The van der Waals surface area contributed by atoms with Gasteiger partial charge >= 0.3 is 0 Å². The van der Waals surface area contributed by atoms with Gasteiger partial charge in [-0.3, -0.25) is 0 Å². The number of aliphatic hydroxyl groups is 1. The van der Waals surface area contributed by atoms with E-state index in [-0.39, 0.29) is 24.0 Å². The average Bonchev–Trinajstić information content (AvgIpc) is 3.24. The van der Waals surface area contributed by atoms with E-state index in [1.54, 1.807) is 29.6 Å². The summed E-state index contributed by atoms with van der Waals surface area (Å²) in [5.41, 5.74) is 0.167. The van der Waals surface area contributed by atoms with E-state index in [4.69, 9.17) is 0 Å². The van der Waals surface area contributed by atoms with Crippen LogP contribution in [0, 0.1) is 0 Å². The lowest BCUT2D eigenvalue weighted by Crippen LogP contribution is -2.39. The maximum absolute atomic E-state index is 10.6. The van der Waals surface area contributed by atoms with Gasteiger partial charge in [-0.2, -0.15) is 0 Å². The molecular weight excluding hydrogens is 479 g/mol. The molecule has 8 heteroatoms. The zero-order chi connectivity index (χ0) is 18.3. The fourth-order valence-corrected chi connectivity index (χ4v) is 3.90. The average molecular weight is 508 g/mol. The molecule has 0 fully saturated rings. The van der Waals surface area contributed by atoms with E-state index in [0.717, 1.165) is 36.0 Å². The summed E-state index contributed by atoms with van der Waals surface area (Å²) in [6, 6.07) is 3.88. The summed E-state index contributed by atoms with van der Waals surface area (Å²) >= 11 is 3.27. The summed E-state index contributed by atoms with van der Waals surface area (Å²) in [7, 11) is 0. The van der Waals surface area contributed by atoms with Crippen molar-refractivity contribution in [1.29, 1.82) is 0 Å². The second kappa shape index (κ2) is 11.2. The van der Waals surface area contributed by atoms with Crippen LogP contribution in [0.2, 0.25) is 0 Å². The van der Waals surface area contributed by atoms with Crippen molar-refractivity contribution in [3.63, 3.8) is 0 Å². The lowest BCUT2D eigenvalue weighted by atomic mass is 10.1. The maximum atomic E-state index is 10.6. The van der Waals surface area contributed by atoms with Crippen LogP contribution >= 0.6 is 46.7 Å². The van der Waals surface area contributed by atoms with Crippen LogP contribution in [0.4, 0.5) is 0 Å². The molecule has 2 aromatic heterocycles. The van der Waals surface area contributed by atoms with E-state index in [9.17, 15) is 5.11 Å². The first-order valence-corrected chi connectivity index (χ1v) is 10.4. The van der Waals surface area contributed by atoms with E-state index >= 15 is 0 Å². The Labute approximate surface area is 181 Å². The van der Waals surface area contributed by atoms with E-state index in [0.29, 0.717) is 12.5 Å². The number of halogens is 1. The molecule has 3 N–H and O–H groups in total. The molecular formula is C18H29IN4OS2. The Hall–Kier alpha value is -0.710. The van der Waals surface area contributed by atoms with Crippen LogP contribution < -0.4 is 10.6 Å². The van der Waals surface area contributed by atoms with Gasteiger partial charge in [0.1, 0.15) is 5.60 Å². The third-order valence-corrected chi connectivity index (χ3v) is 6.00. The van der Waals surface area contributed by atoms with E-state index < -0.39 is 5.60 Å². The highest BCUT2D eigenvalue weighted by Gasteiger charge is 2.23. The minimum absolute atomic E-state index is 0. The number of rotatable bonds is 8. The first-order chi connectivity index (χ1) is 11.9. The number of nitrogens with zero attached hydrogens (tertiary/aromatic N) is 2. The van der Waals surface area contributed by atoms with Crippen LogP contribution in [-0.2, 0) is 12.0 Å². The Morgan fingerprint density at radius 2 is 2.12 bits per heavy atom. The highest BCUT2D eigenvalue weighted by Crippen LogP contribution is 2.25. The number of thiazole rings is 1. The summed E-state index contributed by atoms with van der Waals surface area (Å²) < 4.78 is 0. The van der Waals surface area contributed by atoms with Gasteiger partial charge < -0.3 is 15.7 Å². The van der Waals surface area contributed by atoms with Crippen molar-refractivity contribution in [2.45, 2.75) is 45.6 Å². The number of hydrogen-bond donors (Lipinski definition) is 3. The Morgan fingerprint density at radius 3 is 2.69 bits per heavy atom. The monoisotopic (exact) mass is 508 g/mol. The molecule has 1 unspecified atom stereocenters. The van der Waals surface area contributed by atoms with Crippen LogP contribution in [0.3, 0.4) is 0 Å². The van der Waals surface area contributed by atoms with Crippen molar-refractivity contribution < 1.29 is 5.11 Å². The first kappa shape index (κ1) is 23.3. The molecule has 1 atom stereocenters. The Morgan fingerprint density at radius 1 is 1.35 bits per heavy atom. The van der Waals surface area contributed by atoms with Crippen LogP contribution in [0.1, 0.15) is 49.2 Å². The molecule has 146 valence electrons. The van der Waals surface area contributed by atoms with Gasteiger partial charge in [-0.15, -0.1) is 46.7 Å². The highest BCUT2D eigenvalue weighted by atomic mass is 127. The van der Waals surface area contributed by atoms with Gasteiger partial charge in [0.15, 0.2) is 5.96 Å². The highest BCUT2D eigenvalue weighted by molar-refractivity contribution is 14.0. The Bertz CT molecular complexity index is 669. The Balaban J connectivity index is 0.00000338. The zero-order valence-corrected chi connectivity index (χ0v) is 19.7. The fraction of sp³-hybridized carbons (Fsp3) is 0.556. The molecule has 0 spiro atoms. The van der Waals surface area contributed by atoms with Crippen LogP contribution in [0.15, 0.2) is 27.9 Å². The Kier molecular flexibility index (Phi) is 10.1. The minimum atomic E-state index is -0.947. The fourth-order valence-electron chi connectivity index (χ4n) is 2.25. The molecule has 0 aliphatic heterocycles. The quantitative estimate of drug-likeness (QED) is 0.287. The lowest BCUT2D eigenvalue weighted by Gasteiger charge is -2.20. The molecule has 2 rings (SSSR count). The normalized spacial score (nSPS) is 14.0. The molecule has 0 saturated carbocycles. The van der Waals surface area contributed by atoms with Gasteiger partial charge in [-0.1, -0.05) is 19.9 Å². The molecule has 5 nitrogen and oxygen atoms in total. The SMILES string of the molecule is CCNC(=NCC(C)(O)c1cccs1)NCCc1csc(C(C)C)n1.I. The van der Waals surface area contributed by atoms with Gasteiger partial charge in [0, 0.05) is 35.7 Å². The van der Waals surface area contributed by atoms with Crippen LogP contribution in [-0.4, -0.2) is 35.7 Å². The zero-order valence-electron chi connectivity index (χ0n) is 15.8. The number of guanidine groups is 1. The molecule has 0 aliphatic rings. The van der Waals surface area contributed by atoms with Gasteiger partial charge in [-0.05, 0) is 25.3 Å². The van der Waals surface area contributed by atoms with Gasteiger partial charge in [0.2, 0.25) is 0 Å². The first-order valence-electron chi connectivity index (χ1n) is 8.65. The number of aliphatic imine (C=N–C) groups is 1. The van der Waals surface area contributed by atoms with E-state index in [1.165, 1.54) is 5.01 Å². The summed E-state index contributed by atoms with van der Waals surface area (Å²) in [5, 5.41) is 22.4. The third kappa shape index (κ3) is 7.13. The molecule has 2 aromatic rings. The molecule has 2 heterocycles. The molecule has 0 aromatic carbocycles. The van der Waals surface area contributed by atoms with E-state index in [1.807, 2.05) is 24.4 Å². The molecule has 0 radical (unpaired) electrons. The predicted molar refractivity (Wildman–Crippen MR) is 123 cm³/mol. The number of thiophene rings is 1. The van der Waals surface area contributed by atoms with Crippen molar-refractivity contribution in [2.75, 3.05) is 19.6 Å². The van der Waals surface area contributed by atoms with Gasteiger partial charge in [0.05, 0.1) is 17.2 Å². The third-order valence-electron chi connectivity index (χ3n) is 3.68. The predicted octanol–water partition coefficient (Wildman–Crippen LogP) is 3.95. The minimum Gasteiger partial charge on any atom is -0.383 e. The molecule has 0 amide bonds. The molecule has 0 saturated heterocycles. The maximum Gasteiger partial charge on any atom is 0.191 e. The van der Waals surface area contributed by atoms with Crippen molar-refractivity contribution in [3.05, 3.63) is 38.5 Å². The number of aromatic nitrogens is 1. The second-order valence-electron chi connectivity index (χ2n) is 6.45. The topological polar surface area (TPSA) is 69.5 Å². The largest absolute Gasteiger partial charge is 0.383 e. The van der Waals surface area contributed by atoms with E-state index in [2.05, 4.69) is 39.8 Å². The van der Waals surface area contributed by atoms with Crippen molar-refractivity contribution in [3.8, 4) is 0 Å². The van der Waals surface area contributed by atoms with Gasteiger partial charge in [-0.25, -0.2) is 9.98 Å². The summed E-state index contributed by atoms with van der Waals surface area (Å²) in [5.74, 6) is 1.20. The smallest absolute Gasteiger partial charge is 0.191 e. The summed E-state index contributed by atoms with van der Waals surface area (Å²) in [6.07, 6.45) is 0.856. The van der Waals surface area contributed by atoms with Gasteiger partial charge in [0.25, 0.3) is 0 Å². The van der Waals surface area contributed by atoms with Crippen LogP contribution in [0.25, 0.3) is 0 Å². The van der Waals surface area contributed by atoms with Crippen molar-refractivity contribution in [1.82, 2.24) is 15.6 Å². The number of nitrogens with one attached hydrogen (secondary N) is 2. The molecule has 0 bridgehead atoms.